The second kappa shape index (κ2) is 6.19. The molecule has 2 heterocycles. The second-order valence-corrected chi connectivity index (χ2v) is 5.47. The lowest BCUT2D eigenvalue weighted by Crippen LogP contribution is -2.35. The third-order valence-electron chi connectivity index (χ3n) is 3.54. The summed E-state index contributed by atoms with van der Waals surface area (Å²) >= 11 is 0. The van der Waals surface area contributed by atoms with Gasteiger partial charge in [-0.1, -0.05) is 20.3 Å². The van der Waals surface area contributed by atoms with Gasteiger partial charge in [-0.3, -0.25) is 0 Å². The summed E-state index contributed by atoms with van der Waals surface area (Å²) in [6.07, 6.45) is 3.85. The summed E-state index contributed by atoms with van der Waals surface area (Å²) in [6, 6.07) is 0. The van der Waals surface area contributed by atoms with E-state index in [0.29, 0.717) is 5.92 Å². The first-order valence-corrected chi connectivity index (χ1v) is 7.19. The summed E-state index contributed by atoms with van der Waals surface area (Å²) in [5, 5.41) is 5.42. The van der Waals surface area contributed by atoms with Crippen molar-refractivity contribution in [3.63, 3.8) is 0 Å². The minimum Gasteiger partial charge on any atom is -0.373 e. The van der Waals surface area contributed by atoms with Crippen LogP contribution < -0.4 is 10.7 Å². The molecule has 0 aromatic carbocycles. The molecule has 0 amide bonds. The van der Waals surface area contributed by atoms with Crippen molar-refractivity contribution in [1.82, 2.24) is 15.0 Å². The van der Waals surface area contributed by atoms with Gasteiger partial charge in [-0.05, 0) is 19.8 Å². The Morgan fingerprint density at radius 2 is 1.68 bits per heavy atom. The Morgan fingerprint density at radius 1 is 1.05 bits per heavy atom. The maximum atomic E-state index is 4.67. The molecule has 1 aromatic heterocycles. The fourth-order valence-electron chi connectivity index (χ4n) is 2.30. The number of nitrogens with one attached hydrogen (secondary N) is 2. The van der Waals surface area contributed by atoms with Gasteiger partial charge in [0.1, 0.15) is 17.5 Å². The van der Waals surface area contributed by atoms with Gasteiger partial charge in [0.05, 0.1) is 0 Å². The molecule has 5 nitrogen and oxygen atoms in total. The molecule has 0 bridgehead atoms. The fraction of sp³-hybridized carbons (Fsp3) is 0.714. The van der Waals surface area contributed by atoms with Crippen LogP contribution in [0.2, 0.25) is 0 Å². The van der Waals surface area contributed by atoms with Crippen LogP contribution in [-0.4, -0.2) is 35.1 Å². The highest BCUT2D eigenvalue weighted by atomic mass is 15.5. The Bertz CT molecular complexity index is 424. The maximum absolute atomic E-state index is 4.67. The van der Waals surface area contributed by atoms with E-state index in [2.05, 4.69) is 46.5 Å². The lowest BCUT2D eigenvalue weighted by molar-refractivity contribution is 0.272. The van der Waals surface area contributed by atoms with Gasteiger partial charge in [-0.25, -0.2) is 15.0 Å². The van der Waals surface area contributed by atoms with Crippen LogP contribution in [0.15, 0.2) is 0 Å². The molecule has 0 unspecified atom stereocenters. The molecule has 1 saturated heterocycles. The maximum Gasteiger partial charge on any atom is 0.149 e. The summed E-state index contributed by atoms with van der Waals surface area (Å²) in [4.78, 5) is 9.23. The van der Waals surface area contributed by atoms with Gasteiger partial charge >= 0.3 is 0 Å². The molecule has 1 aliphatic rings. The lowest BCUT2D eigenvalue weighted by atomic mass is 10.1. The van der Waals surface area contributed by atoms with Gasteiger partial charge < -0.3 is 10.7 Å². The zero-order valence-electron chi connectivity index (χ0n) is 12.5. The predicted octanol–water partition coefficient (Wildman–Crippen LogP) is 2.76. The molecule has 1 fully saturated rings. The zero-order valence-corrected chi connectivity index (χ0v) is 12.5. The van der Waals surface area contributed by atoms with Crippen molar-refractivity contribution in [3.8, 4) is 0 Å². The van der Waals surface area contributed by atoms with Gasteiger partial charge in [-0.15, -0.1) is 0 Å². The van der Waals surface area contributed by atoms with Crippen LogP contribution in [0.4, 0.5) is 11.6 Å². The van der Waals surface area contributed by atoms with E-state index in [9.17, 15) is 0 Å². The Hall–Kier alpha value is -1.36. The molecule has 1 aliphatic heterocycles. The van der Waals surface area contributed by atoms with Crippen LogP contribution in [0.3, 0.4) is 0 Å². The smallest absolute Gasteiger partial charge is 0.149 e. The summed E-state index contributed by atoms with van der Waals surface area (Å²) in [7, 11) is 1.91. The number of hydrogen-bond acceptors (Lipinski definition) is 5. The molecular formula is C14H25N5. The first-order chi connectivity index (χ1) is 9.11. The molecule has 0 aliphatic carbocycles. The number of rotatable bonds is 4. The standard InChI is InChI=1S/C14H25N5/c1-10(2)12-16-13(15-4)11(3)14(17-12)18-19-8-6-5-7-9-19/h10H,5-9H2,1-4H3,(H2,15,16,17,18). The molecule has 0 atom stereocenters. The lowest BCUT2D eigenvalue weighted by Gasteiger charge is -2.28. The molecule has 19 heavy (non-hydrogen) atoms. The van der Waals surface area contributed by atoms with Crippen molar-refractivity contribution in [2.45, 2.75) is 46.0 Å². The van der Waals surface area contributed by atoms with Crippen molar-refractivity contribution in [2.75, 3.05) is 30.9 Å². The van der Waals surface area contributed by atoms with Crippen molar-refractivity contribution >= 4 is 11.6 Å². The number of hydrogen-bond donors (Lipinski definition) is 2. The third kappa shape index (κ3) is 3.35. The summed E-state index contributed by atoms with van der Waals surface area (Å²) < 4.78 is 0. The normalized spacial score (nSPS) is 16.7. The summed E-state index contributed by atoms with van der Waals surface area (Å²) in [5.74, 6) is 3.06. The molecule has 0 radical (unpaired) electrons. The van der Waals surface area contributed by atoms with E-state index in [4.69, 9.17) is 0 Å². The second-order valence-electron chi connectivity index (χ2n) is 5.47. The van der Waals surface area contributed by atoms with E-state index in [1.54, 1.807) is 0 Å². The summed E-state index contributed by atoms with van der Waals surface area (Å²) in [5.41, 5.74) is 4.54. The first kappa shape index (κ1) is 14.1. The average Bonchev–Trinajstić information content (AvgIpc) is 2.42. The van der Waals surface area contributed by atoms with Crippen LogP contribution in [0.1, 0.15) is 50.4 Å². The van der Waals surface area contributed by atoms with Crippen LogP contribution in [-0.2, 0) is 0 Å². The highest BCUT2D eigenvalue weighted by Gasteiger charge is 2.16. The van der Waals surface area contributed by atoms with Gasteiger partial charge in [0.15, 0.2) is 0 Å². The number of anilines is 2. The minimum atomic E-state index is 0.328. The zero-order chi connectivity index (χ0) is 13.8. The number of hydrazine groups is 1. The van der Waals surface area contributed by atoms with Crippen molar-refractivity contribution in [3.05, 3.63) is 11.4 Å². The first-order valence-electron chi connectivity index (χ1n) is 7.19. The van der Waals surface area contributed by atoms with E-state index >= 15 is 0 Å². The van der Waals surface area contributed by atoms with Crippen LogP contribution in [0.25, 0.3) is 0 Å². The van der Waals surface area contributed by atoms with E-state index in [-0.39, 0.29) is 0 Å². The quantitative estimate of drug-likeness (QED) is 0.875. The Labute approximate surface area is 115 Å². The topological polar surface area (TPSA) is 53.1 Å². The number of aromatic nitrogens is 2. The molecule has 0 saturated carbocycles. The molecule has 1 aromatic rings. The third-order valence-corrected chi connectivity index (χ3v) is 3.54. The van der Waals surface area contributed by atoms with E-state index in [1.807, 2.05) is 7.05 Å². The Balaban J connectivity index is 2.24. The van der Waals surface area contributed by atoms with Crippen molar-refractivity contribution in [1.29, 1.82) is 0 Å². The average molecular weight is 263 g/mol. The predicted molar refractivity (Wildman–Crippen MR) is 79.5 cm³/mol. The van der Waals surface area contributed by atoms with Crippen molar-refractivity contribution in [2.24, 2.45) is 0 Å². The van der Waals surface area contributed by atoms with Gasteiger partial charge in [0.25, 0.3) is 0 Å². The Kier molecular flexibility index (Phi) is 4.58. The van der Waals surface area contributed by atoms with Gasteiger partial charge in [-0.2, -0.15) is 0 Å². The van der Waals surface area contributed by atoms with Crippen LogP contribution >= 0.6 is 0 Å². The van der Waals surface area contributed by atoms with Crippen LogP contribution in [0, 0.1) is 6.92 Å². The number of nitrogens with zero attached hydrogens (tertiary/aromatic N) is 3. The molecule has 106 valence electrons. The van der Waals surface area contributed by atoms with Gasteiger partial charge in [0.2, 0.25) is 0 Å². The van der Waals surface area contributed by atoms with E-state index in [0.717, 1.165) is 36.1 Å². The van der Waals surface area contributed by atoms with Crippen LogP contribution in [0.5, 0.6) is 0 Å². The van der Waals surface area contributed by atoms with Crippen molar-refractivity contribution < 1.29 is 0 Å². The molecule has 5 heteroatoms. The summed E-state index contributed by atoms with van der Waals surface area (Å²) in [6.45, 7) is 8.48. The SMILES string of the molecule is CNc1nc(C(C)C)nc(NN2CCCCC2)c1C. The van der Waals surface area contributed by atoms with E-state index in [1.165, 1.54) is 19.3 Å². The largest absolute Gasteiger partial charge is 0.373 e. The molecule has 0 spiro atoms. The van der Waals surface area contributed by atoms with Gasteiger partial charge in [0, 0.05) is 31.6 Å². The minimum absolute atomic E-state index is 0.328. The number of piperidine rings is 1. The molecule has 2 rings (SSSR count). The monoisotopic (exact) mass is 263 g/mol. The fourth-order valence-corrected chi connectivity index (χ4v) is 2.30. The highest BCUT2D eigenvalue weighted by molar-refractivity contribution is 5.56. The van der Waals surface area contributed by atoms with E-state index < -0.39 is 0 Å². The highest BCUT2D eigenvalue weighted by Crippen LogP contribution is 2.23. The molecular weight excluding hydrogens is 238 g/mol. The molecule has 2 N–H and O–H groups in total. The Morgan fingerprint density at radius 3 is 2.26 bits per heavy atom.